The van der Waals surface area contributed by atoms with Gasteiger partial charge in [-0.15, -0.1) is 0 Å². The van der Waals surface area contributed by atoms with Gasteiger partial charge < -0.3 is 19.5 Å². The van der Waals surface area contributed by atoms with Crippen molar-refractivity contribution in [3.63, 3.8) is 0 Å². The van der Waals surface area contributed by atoms with Crippen LogP contribution in [-0.2, 0) is 37.0 Å². The van der Waals surface area contributed by atoms with Crippen LogP contribution in [0, 0.1) is 5.92 Å². The Hall–Kier alpha value is -2.64. The van der Waals surface area contributed by atoms with E-state index in [1.165, 1.54) is 0 Å². The van der Waals surface area contributed by atoms with Gasteiger partial charge in [0.2, 0.25) is 0 Å². The molecule has 2 aliphatic rings. The summed E-state index contributed by atoms with van der Waals surface area (Å²) in [6, 6.07) is 17.8. The highest BCUT2D eigenvalue weighted by atomic mass is 16.6. The summed E-state index contributed by atoms with van der Waals surface area (Å²) in [5.41, 5.74) is 0.741. The van der Waals surface area contributed by atoms with E-state index in [1.54, 1.807) is 0 Å². The van der Waals surface area contributed by atoms with E-state index < -0.39 is 35.5 Å². The van der Waals surface area contributed by atoms with Crippen LogP contribution in [0.25, 0.3) is 0 Å². The Morgan fingerprint density at radius 3 is 2.23 bits per heavy atom. The van der Waals surface area contributed by atoms with Crippen molar-refractivity contribution < 1.29 is 23.8 Å². The maximum Gasteiger partial charge on any atom is 0.313 e. The van der Waals surface area contributed by atoms with Crippen LogP contribution in [0.4, 0.5) is 0 Å². The Morgan fingerprint density at radius 1 is 1.03 bits per heavy atom. The number of benzene rings is 2. The third-order valence-electron chi connectivity index (χ3n) is 5.94. The third kappa shape index (κ3) is 4.83. The van der Waals surface area contributed by atoms with Gasteiger partial charge in [-0.3, -0.25) is 9.59 Å². The highest BCUT2D eigenvalue weighted by molar-refractivity contribution is 6.12. The van der Waals surface area contributed by atoms with Crippen LogP contribution >= 0.6 is 0 Å². The highest BCUT2D eigenvalue weighted by Crippen LogP contribution is 2.46. The molecule has 2 heterocycles. The van der Waals surface area contributed by atoms with E-state index in [0.717, 1.165) is 11.1 Å². The largest absolute Gasteiger partial charge is 0.461 e. The Balaban J connectivity index is 1.46. The molecule has 2 saturated heterocycles. The summed E-state index contributed by atoms with van der Waals surface area (Å²) in [4.78, 5) is 25.8. The standard InChI is InChI=1S/C24H26BNO5/c1-16-12-24(13-19(27)29-14-17-8-4-2-5-9-17)20(21(26-16)22(25)31-24)23(28)30-15-18-10-6-3-7-11-18/h2-11,16,20-22,26H,12-15H2,1H3/t16-,20?,21?,22+,24+/m0/s1. The minimum absolute atomic E-state index is 0.0404. The monoisotopic (exact) mass is 419 g/mol. The normalized spacial score (nSPS) is 29.3. The van der Waals surface area contributed by atoms with Crippen molar-refractivity contribution in [3.05, 3.63) is 71.8 Å². The van der Waals surface area contributed by atoms with Gasteiger partial charge in [-0.2, -0.15) is 0 Å². The first-order valence-corrected chi connectivity index (χ1v) is 10.6. The molecule has 0 aromatic heterocycles. The molecule has 0 spiro atoms. The van der Waals surface area contributed by atoms with Gasteiger partial charge in [0.05, 0.1) is 12.0 Å². The van der Waals surface area contributed by atoms with Gasteiger partial charge in [0, 0.05) is 18.1 Å². The van der Waals surface area contributed by atoms with Crippen LogP contribution in [0.2, 0.25) is 0 Å². The molecule has 0 amide bonds. The van der Waals surface area contributed by atoms with E-state index in [9.17, 15) is 9.59 Å². The lowest BCUT2D eigenvalue weighted by atomic mass is 9.72. The SMILES string of the molecule is [B][C@@H]1O[C@@]2(CC(=O)OCc3ccccc3)C[C@H](C)NC1C2C(=O)OCc1ccccc1. The quantitative estimate of drug-likeness (QED) is 0.549. The van der Waals surface area contributed by atoms with Crippen molar-refractivity contribution in [1.82, 2.24) is 5.32 Å². The Bertz CT molecular complexity index is 905. The highest BCUT2D eigenvalue weighted by Gasteiger charge is 2.61. The molecule has 1 N–H and O–H groups in total. The van der Waals surface area contributed by atoms with Gasteiger partial charge in [-0.25, -0.2) is 0 Å². The van der Waals surface area contributed by atoms with Gasteiger partial charge >= 0.3 is 11.9 Å². The predicted octanol–water partition coefficient (Wildman–Crippen LogP) is 2.49. The van der Waals surface area contributed by atoms with E-state index in [-0.39, 0.29) is 25.7 Å². The summed E-state index contributed by atoms with van der Waals surface area (Å²) in [7, 11) is 6.20. The smallest absolute Gasteiger partial charge is 0.313 e. The van der Waals surface area contributed by atoms with E-state index in [4.69, 9.17) is 22.1 Å². The fourth-order valence-corrected chi connectivity index (χ4v) is 4.64. The summed E-state index contributed by atoms with van der Waals surface area (Å²) in [5, 5.41) is 3.34. The number of carbonyl (C=O) groups is 2. The second-order valence-electron chi connectivity index (χ2n) is 8.34. The topological polar surface area (TPSA) is 73.9 Å². The van der Waals surface area contributed by atoms with Crippen molar-refractivity contribution in [2.45, 2.75) is 56.7 Å². The molecular formula is C24H26BNO5. The van der Waals surface area contributed by atoms with Gasteiger partial charge in [-0.05, 0) is 24.5 Å². The van der Waals surface area contributed by atoms with Crippen molar-refractivity contribution in [2.75, 3.05) is 0 Å². The lowest BCUT2D eigenvalue weighted by Gasteiger charge is -2.40. The molecule has 2 unspecified atom stereocenters. The molecular weight excluding hydrogens is 393 g/mol. The second kappa shape index (κ2) is 9.24. The van der Waals surface area contributed by atoms with Crippen LogP contribution in [0.15, 0.2) is 60.7 Å². The van der Waals surface area contributed by atoms with E-state index in [0.29, 0.717) is 6.42 Å². The van der Waals surface area contributed by atoms with Gasteiger partial charge in [0.25, 0.3) is 0 Å². The summed E-state index contributed by atoms with van der Waals surface area (Å²) in [6.45, 7) is 2.31. The molecule has 31 heavy (non-hydrogen) atoms. The molecule has 4 rings (SSSR count). The fraction of sp³-hybridized carbons (Fsp3) is 0.417. The maximum absolute atomic E-state index is 13.1. The zero-order valence-corrected chi connectivity index (χ0v) is 17.5. The van der Waals surface area contributed by atoms with Crippen LogP contribution in [0.3, 0.4) is 0 Å². The molecule has 5 atom stereocenters. The van der Waals surface area contributed by atoms with Crippen molar-refractivity contribution in [2.24, 2.45) is 5.92 Å². The summed E-state index contributed by atoms with van der Waals surface area (Å²) < 4.78 is 17.1. The number of piperidine rings is 1. The number of nitrogens with one attached hydrogen (secondary N) is 1. The zero-order chi connectivity index (χ0) is 21.8. The van der Waals surface area contributed by atoms with Crippen molar-refractivity contribution in [1.29, 1.82) is 0 Å². The number of fused-ring (bicyclic) bond motifs is 2. The number of hydrogen-bond donors (Lipinski definition) is 1. The van der Waals surface area contributed by atoms with Gasteiger partial charge in [0.15, 0.2) is 0 Å². The van der Waals surface area contributed by atoms with Gasteiger partial charge in [-0.1, -0.05) is 60.7 Å². The molecule has 6 nitrogen and oxygen atoms in total. The second-order valence-corrected chi connectivity index (χ2v) is 8.34. The molecule has 2 aromatic rings. The van der Waals surface area contributed by atoms with Crippen LogP contribution in [-0.4, -0.2) is 43.5 Å². The molecule has 160 valence electrons. The molecule has 0 aliphatic carbocycles. The molecule has 2 fully saturated rings. The Labute approximate surface area is 183 Å². The summed E-state index contributed by atoms with van der Waals surface area (Å²) >= 11 is 0. The first kappa shape index (κ1) is 21.6. The molecule has 2 aromatic carbocycles. The van der Waals surface area contributed by atoms with Crippen molar-refractivity contribution >= 4 is 19.8 Å². The first-order chi connectivity index (χ1) is 15.0. The fourth-order valence-electron chi connectivity index (χ4n) is 4.64. The third-order valence-corrected chi connectivity index (χ3v) is 5.94. The number of rotatable bonds is 7. The van der Waals surface area contributed by atoms with E-state index in [2.05, 4.69) is 5.32 Å². The van der Waals surface area contributed by atoms with E-state index >= 15 is 0 Å². The van der Waals surface area contributed by atoms with Crippen molar-refractivity contribution in [3.8, 4) is 0 Å². The lowest BCUT2D eigenvalue weighted by Crippen LogP contribution is -2.59. The van der Waals surface area contributed by atoms with E-state index in [1.807, 2.05) is 67.6 Å². The first-order valence-electron chi connectivity index (χ1n) is 10.6. The zero-order valence-electron chi connectivity index (χ0n) is 17.5. The Kier molecular flexibility index (Phi) is 6.44. The minimum atomic E-state index is -1.05. The maximum atomic E-state index is 13.1. The number of esters is 2. The van der Waals surface area contributed by atoms with Gasteiger partial charge in [0.1, 0.15) is 27.0 Å². The Morgan fingerprint density at radius 2 is 1.61 bits per heavy atom. The predicted molar refractivity (Wildman–Crippen MR) is 115 cm³/mol. The number of hydrogen-bond acceptors (Lipinski definition) is 6. The number of ether oxygens (including phenoxy) is 3. The molecule has 2 radical (unpaired) electrons. The molecule has 0 saturated carbocycles. The minimum Gasteiger partial charge on any atom is -0.461 e. The average molecular weight is 419 g/mol. The average Bonchev–Trinajstić information content (AvgIpc) is 2.94. The summed E-state index contributed by atoms with van der Waals surface area (Å²) in [5.74, 6) is -1.53. The molecule has 2 bridgehead atoms. The van der Waals surface area contributed by atoms with Crippen LogP contribution in [0.1, 0.15) is 30.9 Å². The van der Waals surface area contributed by atoms with Crippen LogP contribution in [0.5, 0.6) is 0 Å². The molecule has 7 heteroatoms. The molecule has 2 aliphatic heterocycles. The van der Waals surface area contributed by atoms with Crippen LogP contribution < -0.4 is 5.32 Å². The summed E-state index contributed by atoms with van der Waals surface area (Å²) in [6.07, 6.45) is 0.407. The number of carbonyl (C=O) groups excluding carboxylic acids is 2. The lowest BCUT2D eigenvalue weighted by molar-refractivity contribution is -0.166.